The van der Waals surface area contributed by atoms with Gasteiger partial charge in [0.1, 0.15) is 5.15 Å². The molecule has 2 aromatic rings. The van der Waals surface area contributed by atoms with Crippen molar-refractivity contribution in [3.63, 3.8) is 0 Å². The smallest absolute Gasteiger partial charge is 0.319 e. The molecule has 0 bridgehead atoms. The lowest BCUT2D eigenvalue weighted by molar-refractivity contribution is -0.148. The van der Waals surface area contributed by atoms with E-state index in [1.807, 2.05) is 0 Å². The normalized spacial score (nSPS) is 17.5. The first-order valence-corrected chi connectivity index (χ1v) is 7.63. The van der Waals surface area contributed by atoms with Crippen LogP contribution in [0.15, 0.2) is 18.3 Å². The second-order valence-electron chi connectivity index (χ2n) is 5.95. The van der Waals surface area contributed by atoms with E-state index in [4.69, 9.17) is 16.3 Å². The zero-order valence-electron chi connectivity index (χ0n) is 12.2. The van der Waals surface area contributed by atoms with Crippen molar-refractivity contribution in [3.05, 3.63) is 23.5 Å². The molecule has 0 radical (unpaired) electrons. The van der Waals surface area contributed by atoms with Crippen molar-refractivity contribution in [2.45, 2.75) is 39.5 Å². The van der Waals surface area contributed by atoms with Gasteiger partial charge in [0, 0.05) is 0 Å². The number of aromatic nitrogens is 3. The van der Waals surface area contributed by atoms with Crippen LogP contribution in [0.3, 0.4) is 0 Å². The Labute approximate surface area is 128 Å². The lowest BCUT2D eigenvalue weighted by Crippen LogP contribution is -2.37. The van der Waals surface area contributed by atoms with Crippen LogP contribution in [0.1, 0.15) is 39.5 Å². The quantitative estimate of drug-likeness (QED) is 0.814. The summed E-state index contributed by atoms with van der Waals surface area (Å²) in [5.74, 6) is 0.364. The highest BCUT2D eigenvalue weighted by Crippen LogP contribution is 2.45. The highest BCUT2D eigenvalue weighted by molar-refractivity contribution is 6.29. The van der Waals surface area contributed by atoms with Crippen LogP contribution in [0.5, 0.6) is 5.88 Å². The Morgan fingerprint density at radius 3 is 2.76 bits per heavy atom. The van der Waals surface area contributed by atoms with Gasteiger partial charge in [-0.15, -0.1) is 0 Å². The molecule has 1 fully saturated rings. The predicted molar refractivity (Wildman–Crippen MR) is 79.4 cm³/mol. The topological polar surface area (TPSA) is 56.5 Å². The zero-order chi connectivity index (χ0) is 15.0. The number of imidazole rings is 1. The van der Waals surface area contributed by atoms with E-state index >= 15 is 0 Å². The van der Waals surface area contributed by atoms with E-state index < -0.39 is 0 Å². The van der Waals surface area contributed by atoms with Crippen molar-refractivity contribution in [1.29, 1.82) is 0 Å². The molecule has 6 heteroatoms. The average molecular weight is 308 g/mol. The number of ether oxygens (including phenoxy) is 1. The van der Waals surface area contributed by atoms with Crippen molar-refractivity contribution >= 4 is 23.2 Å². The van der Waals surface area contributed by atoms with Gasteiger partial charge in [-0.05, 0) is 30.9 Å². The Kier molecular flexibility index (Phi) is 3.61. The number of hydrogen-bond acceptors (Lipinski definition) is 4. The van der Waals surface area contributed by atoms with Crippen LogP contribution in [0.2, 0.25) is 5.15 Å². The van der Waals surface area contributed by atoms with Crippen LogP contribution in [-0.2, 0) is 4.79 Å². The number of nitrogens with zero attached hydrogens (tertiary/aromatic N) is 3. The molecule has 2 aromatic heterocycles. The summed E-state index contributed by atoms with van der Waals surface area (Å²) in [5.41, 5.74) is 0.230. The standard InChI is InChI=1S/C15H18ClN3O2/c1-10(2)15(7-3-4-8-15)14(20)21-13-9-19-12(17-13)6-5-11(16)18-19/h5-6,9-10H,3-4,7-8H2,1-2H3. The maximum Gasteiger partial charge on any atom is 0.319 e. The van der Waals surface area contributed by atoms with Crippen molar-refractivity contribution < 1.29 is 9.53 Å². The molecule has 5 nitrogen and oxygen atoms in total. The Bertz CT molecular complexity index is 675. The van der Waals surface area contributed by atoms with Gasteiger partial charge in [0.15, 0.2) is 5.65 Å². The third kappa shape index (κ3) is 2.50. The zero-order valence-corrected chi connectivity index (χ0v) is 12.9. The van der Waals surface area contributed by atoms with E-state index in [0.29, 0.717) is 10.8 Å². The number of carbonyl (C=O) groups excluding carboxylic acids is 1. The van der Waals surface area contributed by atoms with E-state index in [0.717, 1.165) is 25.7 Å². The van der Waals surface area contributed by atoms with Gasteiger partial charge in [0.25, 0.3) is 0 Å². The molecule has 0 saturated heterocycles. The van der Waals surface area contributed by atoms with Gasteiger partial charge < -0.3 is 4.74 Å². The number of esters is 1. The average Bonchev–Trinajstić information content (AvgIpc) is 3.04. The van der Waals surface area contributed by atoms with Gasteiger partial charge in [-0.2, -0.15) is 10.1 Å². The highest BCUT2D eigenvalue weighted by atomic mass is 35.5. The fourth-order valence-electron chi connectivity index (χ4n) is 3.11. The van der Waals surface area contributed by atoms with Crippen molar-refractivity contribution in [2.75, 3.05) is 0 Å². The molecule has 21 heavy (non-hydrogen) atoms. The summed E-state index contributed by atoms with van der Waals surface area (Å²) in [6.07, 6.45) is 5.52. The van der Waals surface area contributed by atoms with Gasteiger partial charge in [0.05, 0.1) is 11.6 Å². The minimum Gasteiger partial charge on any atom is -0.405 e. The molecule has 2 heterocycles. The first-order chi connectivity index (χ1) is 10.0. The Morgan fingerprint density at radius 1 is 1.38 bits per heavy atom. The monoisotopic (exact) mass is 307 g/mol. The molecule has 112 valence electrons. The molecular weight excluding hydrogens is 290 g/mol. The molecule has 0 aromatic carbocycles. The number of halogens is 1. The summed E-state index contributed by atoms with van der Waals surface area (Å²) in [5, 5.41) is 4.45. The predicted octanol–water partition coefficient (Wildman–Crippen LogP) is 3.50. The van der Waals surface area contributed by atoms with Crippen LogP contribution in [0.25, 0.3) is 5.65 Å². The molecule has 0 amide bonds. The SMILES string of the molecule is CC(C)C1(C(=O)Oc2cn3nc(Cl)ccc3n2)CCCC1. The maximum absolute atomic E-state index is 12.6. The molecule has 1 saturated carbocycles. The summed E-state index contributed by atoms with van der Waals surface area (Å²) in [6.45, 7) is 4.16. The molecule has 0 spiro atoms. The minimum absolute atomic E-state index is 0.176. The van der Waals surface area contributed by atoms with Crippen molar-refractivity contribution in [1.82, 2.24) is 14.6 Å². The number of hydrogen-bond donors (Lipinski definition) is 0. The van der Waals surface area contributed by atoms with E-state index in [-0.39, 0.29) is 23.2 Å². The van der Waals surface area contributed by atoms with Crippen LogP contribution in [-0.4, -0.2) is 20.6 Å². The van der Waals surface area contributed by atoms with Gasteiger partial charge in [0.2, 0.25) is 5.88 Å². The third-order valence-electron chi connectivity index (χ3n) is 4.47. The summed E-state index contributed by atoms with van der Waals surface area (Å²) in [6, 6.07) is 3.39. The second kappa shape index (κ2) is 5.30. The number of carbonyl (C=O) groups is 1. The van der Waals surface area contributed by atoms with Crippen molar-refractivity contribution in [2.24, 2.45) is 11.3 Å². The molecular formula is C15H18ClN3O2. The minimum atomic E-state index is -0.374. The Hall–Kier alpha value is -1.62. The summed E-state index contributed by atoms with van der Waals surface area (Å²) < 4.78 is 7.05. The molecule has 1 aliphatic carbocycles. The second-order valence-corrected chi connectivity index (χ2v) is 6.33. The fraction of sp³-hybridized carbons (Fsp3) is 0.533. The molecule has 3 rings (SSSR count). The molecule has 0 unspecified atom stereocenters. The van der Waals surface area contributed by atoms with E-state index in [9.17, 15) is 4.79 Å². The van der Waals surface area contributed by atoms with Crippen LogP contribution < -0.4 is 4.74 Å². The van der Waals surface area contributed by atoms with E-state index in [1.165, 1.54) is 4.52 Å². The summed E-state index contributed by atoms with van der Waals surface area (Å²) in [4.78, 5) is 16.9. The first kappa shape index (κ1) is 14.3. The largest absolute Gasteiger partial charge is 0.405 e. The highest BCUT2D eigenvalue weighted by Gasteiger charge is 2.45. The third-order valence-corrected chi connectivity index (χ3v) is 4.67. The molecule has 0 atom stereocenters. The number of rotatable bonds is 3. The molecule has 1 aliphatic rings. The summed E-state index contributed by atoms with van der Waals surface area (Å²) in [7, 11) is 0. The Balaban J connectivity index is 1.85. The lowest BCUT2D eigenvalue weighted by Gasteiger charge is -2.29. The lowest BCUT2D eigenvalue weighted by atomic mass is 9.76. The van der Waals surface area contributed by atoms with E-state index in [1.54, 1.807) is 18.3 Å². The number of fused-ring (bicyclic) bond motifs is 1. The molecule has 0 N–H and O–H groups in total. The van der Waals surface area contributed by atoms with E-state index in [2.05, 4.69) is 23.9 Å². The summed E-state index contributed by atoms with van der Waals surface area (Å²) >= 11 is 5.83. The Morgan fingerprint density at radius 2 is 2.10 bits per heavy atom. The van der Waals surface area contributed by atoms with Crippen molar-refractivity contribution in [3.8, 4) is 5.88 Å². The van der Waals surface area contributed by atoms with Gasteiger partial charge in [-0.3, -0.25) is 4.79 Å². The maximum atomic E-state index is 12.6. The fourth-order valence-corrected chi connectivity index (χ4v) is 3.25. The van der Waals surface area contributed by atoms with Gasteiger partial charge >= 0.3 is 5.97 Å². The van der Waals surface area contributed by atoms with Crippen LogP contribution >= 0.6 is 11.6 Å². The van der Waals surface area contributed by atoms with Crippen LogP contribution in [0.4, 0.5) is 0 Å². The van der Waals surface area contributed by atoms with Gasteiger partial charge in [-0.1, -0.05) is 38.3 Å². The van der Waals surface area contributed by atoms with Gasteiger partial charge in [-0.25, -0.2) is 4.52 Å². The first-order valence-electron chi connectivity index (χ1n) is 7.25. The molecule has 0 aliphatic heterocycles. The van der Waals surface area contributed by atoms with Crippen LogP contribution in [0, 0.1) is 11.3 Å².